The summed E-state index contributed by atoms with van der Waals surface area (Å²) in [7, 11) is 0. The Kier molecular flexibility index (Phi) is 8.36. The van der Waals surface area contributed by atoms with E-state index in [9.17, 15) is 9.90 Å². The first-order valence-corrected chi connectivity index (χ1v) is 8.86. The third-order valence-corrected chi connectivity index (χ3v) is 4.43. The molecular weight excluding hydrogens is 310 g/mol. The molecule has 0 fully saturated rings. The van der Waals surface area contributed by atoms with Crippen molar-refractivity contribution in [2.45, 2.75) is 52.0 Å². The monoisotopic (exact) mass is 341 g/mol. The molecule has 0 unspecified atom stereocenters. The van der Waals surface area contributed by atoms with Crippen LogP contribution in [-0.4, -0.2) is 11.1 Å². The molecule has 0 aliphatic carbocycles. The fourth-order valence-corrected chi connectivity index (χ4v) is 2.51. The fourth-order valence-electron chi connectivity index (χ4n) is 2.51. The third kappa shape index (κ3) is 6.71. The van der Waals surface area contributed by atoms with Crippen molar-refractivity contribution in [3.63, 3.8) is 0 Å². The van der Waals surface area contributed by atoms with Crippen molar-refractivity contribution in [2.24, 2.45) is 11.7 Å². The number of carboxylic acid groups (broad SMARTS) is 1. The quantitative estimate of drug-likeness (QED) is 0.761. The molecule has 25 heavy (non-hydrogen) atoms. The molecule has 0 spiro atoms. The van der Waals surface area contributed by atoms with Crippen molar-refractivity contribution in [2.75, 3.05) is 0 Å². The van der Waals surface area contributed by atoms with Crippen LogP contribution in [0.3, 0.4) is 0 Å². The van der Waals surface area contributed by atoms with Crippen LogP contribution < -0.4 is 5.73 Å². The van der Waals surface area contributed by atoms with Crippen LogP contribution in [0.1, 0.15) is 57.7 Å². The van der Waals surface area contributed by atoms with Crippen molar-refractivity contribution in [1.29, 1.82) is 0 Å². The Balaban J connectivity index is 0.000000293. The topological polar surface area (TPSA) is 63.3 Å². The summed E-state index contributed by atoms with van der Waals surface area (Å²) in [6.45, 7) is 8.03. The van der Waals surface area contributed by atoms with E-state index < -0.39 is 11.4 Å². The van der Waals surface area contributed by atoms with E-state index in [-0.39, 0.29) is 6.04 Å². The molecule has 0 aliphatic heterocycles. The predicted molar refractivity (Wildman–Crippen MR) is 105 cm³/mol. The predicted octanol–water partition coefficient (Wildman–Crippen LogP) is 5.17. The summed E-state index contributed by atoms with van der Waals surface area (Å²) in [5.74, 6) is -0.207. The van der Waals surface area contributed by atoms with Crippen LogP contribution in [0.15, 0.2) is 60.7 Å². The van der Waals surface area contributed by atoms with Crippen LogP contribution in [-0.2, 0) is 10.2 Å². The maximum Gasteiger partial charge on any atom is 0.313 e. The second-order valence-electron chi connectivity index (χ2n) is 7.14. The first kappa shape index (κ1) is 20.9. The van der Waals surface area contributed by atoms with E-state index in [1.54, 1.807) is 0 Å². The number of rotatable bonds is 6. The van der Waals surface area contributed by atoms with Gasteiger partial charge in [-0.15, -0.1) is 0 Å². The number of hydrogen-bond donors (Lipinski definition) is 2. The Morgan fingerprint density at radius 3 is 1.84 bits per heavy atom. The molecule has 2 aromatic rings. The van der Waals surface area contributed by atoms with Gasteiger partial charge in [0.15, 0.2) is 0 Å². The third-order valence-electron chi connectivity index (χ3n) is 4.43. The minimum Gasteiger partial charge on any atom is -0.481 e. The van der Waals surface area contributed by atoms with Gasteiger partial charge in [-0.2, -0.15) is 0 Å². The van der Waals surface area contributed by atoms with Crippen molar-refractivity contribution < 1.29 is 9.90 Å². The SMILES string of the molecule is CC(C)CC[C@@](C)(C(=O)O)c1ccccc1.C[C@H](N)c1ccccc1. The van der Waals surface area contributed by atoms with E-state index in [1.807, 2.05) is 74.5 Å². The number of aliphatic carboxylic acids is 1. The van der Waals surface area contributed by atoms with Gasteiger partial charge in [-0.1, -0.05) is 74.5 Å². The summed E-state index contributed by atoms with van der Waals surface area (Å²) >= 11 is 0. The van der Waals surface area contributed by atoms with E-state index in [4.69, 9.17) is 5.73 Å². The lowest BCUT2D eigenvalue weighted by molar-refractivity contribution is -0.143. The van der Waals surface area contributed by atoms with Crippen LogP contribution in [0.2, 0.25) is 0 Å². The lowest BCUT2D eigenvalue weighted by Gasteiger charge is -2.26. The lowest BCUT2D eigenvalue weighted by Crippen LogP contribution is -2.32. The highest BCUT2D eigenvalue weighted by molar-refractivity contribution is 5.80. The van der Waals surface area contributed by atoms with E-state index in [1.165, 1.54) is 5.56 Å². The Hall–Kier alpha value is -2.13. The second kappa shape index (κ2) is 10.00. The highest BCUT2D eigenvalue weighted by Crippen LogP contribution is 2.30. The molecular formula is C22H31NO2. The average Bonchev–Trinajstić information content (AvgIpc) is 2.61. The largest absolute Gasteiger partial charge is 0.481 e. The summed E-state index contributed by atoms with van der Waals surface area (Å²) in [6, 6.07) is 19.7. The normalized spacial score (nSPS) is 14.2. The first-order chi connectivity index (χ1) is 11.8. The van der Waals surface area contributed by atoms with Crippen LogP contribution in [0.25, 0.3) is 0 Å². The first-order valence-electron chi connectivity index (χ1n) is 8.86. The molecule has 0 saturated heterocycles. The number of hydrogen-bond acceptors (Lipinski definition) is 2. The van der Waals surface area contributed by atoms with E-state index >= 15 is 0 Å². The Morgan fingerprint density at radius 2 is 1.48 bits per heavy atom. The maximum absolute atomic E-state index is 11.4. The van der Waals surface area contributed by atoms with Crippen molar-refractivity contribution in [3.8, 4) is 0 Å². The summed E-state index contributed by atoms with van der Waals surface area (Å²) in [5, 5.41) is 9.40. The molecule has 0 heterocycles. The van der Waals surface area contributed by atoms with Crippen molar-refractivity contribution in [3.05, 3.63) is 71.8 Å². The van der Waals surface area contributed by atoms with Crippen molar-refractivity contribution in [1.82, 2.24) is 0 Å². The molecule has 2 atom stereocenters. The zero-order chi connectivity index (χ0) is 18.9. The summed E-state index contributed by atoms with van der Waals surface area (Å²) < 4.78 is 0. The number of benzene rings is 2. The van der Waals surface area contributed by atoms with Gasteiger partial charge in [0, 0.05) is 6.04 Å². The lowest BCUT2D eigenvalue weighted by atomic mass is 9.77. The molecule has 3 heteroatoms. The zero-order valence-electron chi connectivity index (χ0n) is 15.8. The molecule has 0 saturated carbocycles. The van der Waals surface area contributed by atoms with Crippen LogP contribution >= 0.6 is 0 Å². The van der Waals surface area contributed by atoms with Gasteiger partial charge in [-0.3, -0.25) is 4.79 Å². The molecule has 0 amide bonds. The van der Waals surface area contributed by atoms with Crippen LogP contribution in [0.5, 0.6) is 0 Å². The Morgan fingerprint density at radius 1 is 1.00 bits per heavy atom. The molecule has 2 aromatic carbocycles. The molecule has 0 bridgehead atoms. The highest BCUT2D eigenvalue weighted by Gasteiger charge is 2.34. The molecule has 0 aliphatic rings. The van der Waals surface area contributed by atoms with Gasteiger partial charge in [0.2, 0.25) is 0 Å². The molecule has 2 rings (SSSR count). The fraction of sp³-hybridized carbons (Fsp3) is 0.409. The summed E-state index contributed by atoms with van der Waals surface area (Å²) in [5.41, 5.74) is 6.94. The summed E-state index contributed by atoms with van der Waals surface area (Å²) in [4.78, 5) is 11.4. The van der Waals surface area contributed by atoms with E-state index in [0.717, 1.165) is 12.0 Å². The van der Waals surface area contributed by atoms with Gasteiger partial charge < -0.3 is 10.8 Å². The maximum atomic E-state index is 11.4. The minimum absolute atomic E-state index is 0.159. The number of carboxylic acids is 1. The van der Waals surface area contributed by atoms with E-state index in [0.29, 0.717) is 12.3 Å². The molecule has 0 aromatic heterocycles. The Labute approximate surface area is 151 Å². The summed E-state index contributed by atoms with van der Waals surface area (Å²) in [6.07, 6.45) is 1.61. The van der Waals surface area contributed by atoms with Crippen LogP contribution in [0.4, 0.5) is 0 Å². The van der Waals surface area contributed by atoms with Gasteiger partial charge in [0.25, 0.3) is 0 Å². The van der Waals surface area contributed by atoms with Gasteiger partial charge in [-0.05, 0) is 43.7 Å². The van der Waals surface area contributed by atoms with Crippen molar-refractivity contribution >= 4 is 5.97 Å². The van der Waals surface area contributed by atoms with E-state index in [2.05, 4.69) is 13.8 Å². The molecule has 136 valence electrons. The molecule has 3 nitrogen and oxygen atoms in total. The van der Waals surface area contributed by atoms with Gasteiger partial charge >= 0.3 is 5.97 Å². The van der Waals surface area contributed by atoms with Gasteiger partial charge in [0.05, 0.1) is 5.41 Å². The number of carbonyl (C=O) groups is 1. The molecule has 3 N–H and O–H groups in total. The van der Waals surface area contributed by atoms with Crippen LogP contribution in [0, 0.1) is 5.92 Å². The average molecular weight is 341 g/mol. The van der Waals surface area contributed by atoms with Gasteiger partial charge in [0.1, 0.15) is 0 Å². The standard InChI is InChI=1S/C14H20O2.C8H11N/c1-11(2)9-10-14(3,13(15)16)12-7-5-4-6-8-12;1-7(9)8-5-3-2-4-6-8/h4-8,11H,9-10H2,1-3H3,(H,15,16);2-7H,9H2,1H3/t14-;7-/m10/s1. The number of nitrogens with two attached hydrogens (primary N) is 1. The molecule has 0 radical (unpaired) electrons. The second-order valence-corrected chi connectivity index (χ2v) is 7.14. The van der Waals surface area contributed by atoms with Gasteiger partial charge in [-0.25, -0.2) is 0 Å². The minimum atomic E-state index is -0.758. The smallest absolute Gasteiger partial charge is 0.313 e. The Bertz CT molecular complexity index is 623. The highest BCUT2D eigenvalue weighted by atomic mass is 16.4. The zero-order valence-corrected chi connectivity index (χ0v) is 15.8.